The van der Waals surface area contributed by atoms with Crippen molar-refractivity contribution in [2.45, 2.75) is 40.3 Å². The third-order valence-electron chi connectivity index (χ3n) is 4.01. The predicted molar refractivity (Wildman–Crippen MR) is 103 cm³/mol. The molecule has 3 rings (SSSR count). The fraction of sp³-hybridized carbons (Fsp3) is 0.368. The third kappa shape index (κ3) is 5.40. The molecule has 2 amide bonds. The molecule has 8 heteroatoms. The summed E-state index contributed by atoms with van der Waals surface area (Å²) in [5, 5.41) is 12.7. The number of aryl methyl sites for hydroxylation is 1. The van der Waals surface area contributed by atoms with Crippen LogP contribution in [0, 0.1) is 12.8 Å². The highest BCUT2D eigenvalue weighted by molar-refractivity contribution is 5.89. The quantitative estimate of drug-likeness (QED) is 0.598. The summed E-state index contributed by atoms with van der Waals surface area (Å²) >= 11 is 0. The van der Waals surface area contributed by atoms with Crippen LogP contribution in [0.1, 0.15) is 36.8 Å². The molecular weight excluding hydrogens is 342 g/mol. The first-order chi connectivity index (χ1) is 13.0. The second-order valence-electron chi connectivity index (χ2n) is 6.95. The van der Waals surface area contributed by atoms with Gasteiger partial charge in [-0.1, -0.05) is 26.0 Å². The zero-order chi connectivity index (χ0) is 19.2. The summed E-state index contributed by atoms with van der Waals surface area (Å²) in [6, 6.07) is 7.41. The van der Waals surface area contributed by atoms with Crippen molar-refractivity contribution >= 4 is 11.7 Å². The number of hydrogen-bond donors (Lipinski definition) is 3. The largest absolute Gasteiger partial charge is 0.333 e. The number of H-pyrrole nitrogens is 1. The molecule has 0 aliphatic carbocycles. The Kier molecular flexibility index (Phi) is 5.85. The summed E-state index contributed by atoms with van der Waals surface area (Å²) in [7, 11) is 0. The summed E-state index contributed by atoms with van der Waals surface area (Å²) in [5.74, 6) is 2.07. The molecule has 0 atom stereocenters. The first-order valence-electron chi connectivity index (χ1n) is 9.00. The van der Waals surface area contributed by atoms with Crippen LogP contribution in [0.4, 0.5) is 10.5 Å². The highest BCUT2D eigenvalue weighted by Crippen LogP contribution is 2.12. The van der Waals surface area contributed by atoms with E-state index in [2.05, 4.69) is 49.2 Å². The van der Waals surface area contributed by atoms with Gasteiger partial charge in [0.1, 0.15) is 5.82 Å². The number of urea groups is 1. The highest BCUT2D eigenvalue weighted by Gasteiger charge is 2.07. The van der Waals surface area contributed by atoms with Gasteiger partial charge in [-0.15, -0.1) is 0 Å². The molecule has 0 radical (unpaired) electrons. The minimum Gasteiger partial charge on any atom is -0.333 e. The van der Waals surface area contributed by atoms with Crippen molar-refractivity contribution in [1.29, 1.82) is 0 Å². The molecule has 0 fully saturated rings. The number of benzene rings is 1. The number of rotatable bonds is 7. The van der Waals surface area contributed by atoms with Crippen LogP contribution in [-0.4, -0.2) is 30.8 Å². The molecule has 0 aliphatic rings. The van der Waals surface area contributed by atoms with Gasteiger partial charge in [-0.2, -0.15) is 5.10 Å². The van der Waals surface area contributed by atoms with E-state index in [-0.39, 0.29) is 6.03 Å². The van der Waals surface area contributed by atoms with Gasteiger partial charge in [-0.3, -0.25) is 5.10 Å². The van der Waals surface area contributed by atoms with Crippen molar-refractivity contribution in [2.75, 3.05) is 5.32 Å². The normalized spacial score (nSPS) is 11.0. The molecule has 0 bridgehead atoms. The molecule has 2 aromatic heterocycles. The van der Waals surface area contributed by atoms with Crippen LogP contribution >= 0.6 is 0 Å². The predicted octanol–water partition coefficient (Wildman–Crippen LogP) is 2.88. The molecule has 142 valence electrons. The summed E-state index contributed by atoms with van der Waals surface area (Å²) in [4.78, 5) is 20.6. The van der Waals surface area contributed by atoms with Gasteiger partial charge in [0.15, 0.2) is 5.82 Å². The van der Waals surface area contributed by atoms with Crippen molar-refractivity contribution in [3.05, 3.63) is 59.7 Å². The molecule has 27 heavy (non-hydrogen) atoms. The number of nitrogens with one attached hydrogen (secondary N) is 3. The Labute approximate surface area is 158 Å². The lowest BCUT2D eigenvalue weighted by Crippen LogP contribution is -2.29. The van der Waals surface area contributed by atoms with Gasteiger partial charge in [-0.05, 0) is 30.5 Å². The number of nitrogens with zero attached hydrogens (tertiary/aromatic N) is 4. The molecule has 0 spiro atoms. The maximum absolute atomic E-state index is 12.1. The summed E-state index contributed by atoms with van der Waals surface area (Å²) in [5.41, 5.74) is 2.80. The zero-order valence-electron chi connectivity index (χ0n) is 15.9. The van der Waals surface area contributed by atoms with Crippen LogP contribution in [0.3, 0.4) is 0 Å². The lowest BCUT2D eigenvalue weighted by molar-refractivity contribution is 0.251. The fourth-order valence-corrected chi connectivity index (χ4v) is 2.76. The second-order valence-corrected chi connectivity index (χ2v) is 6.95. The number of anilines is 1. The van der Waals surface area contributed by atoms with E-state index in [0.717, 1.165) is 35.1 Å². The molecule has 0 saturated heterocycles. The van der Waals surface area contributed by atoms with Gasteiger partial charge >= 0.3 is 6.03 Å². The van der Waals surface area contributed by atoms with Gasteiger partial charge < -0.3 is 15.2 Å². The van der Waals surface area contributed by atoms with Gasteiger partial charge in [0.25, 0.3) is 0 Å². The number of amides is 2. The van der Waals surface area contributed by atoms with Gasteiger partial charge in [-0.25, -0.2) is 14.8 Å². The minimum atomic E-state index is -0.246. The van der Waals surface area contributed by atoms with E-state index in [1.54, 1.807) is 12.5 Å². The monoisotopic (exact) mass is 367 g/mol. The first-order valence-corrected chi connectivity index (χ1v) is 9.00. The van der Waals surface area contributed by atoms with Crippen LogP contribution in [0.25, 0.3) is 0 Å². The van der Waals surface area contributed by atoms with Crippen molar-refractivity contribution < 1.29 is 4.79 Å². The number of aromatic amines is 1. The van der Waals surface area contributed by atoms with Gasteiger partial charge in [0.2, 0.25) is 0 Å². The molecule has 0 saturated carbocycles. The fourth-order valence-electron chi connectivity index (χ4n) is 2.76. The Bertz CT molecular complexity index is 880. The average Bonchev–Trinajstić information content (AvgIpc) is 3.23. The number of hydrogen-bond acceptors (Lipinski definition) is 4. The van der Waals surface area contributed by atoms with E-state index in [9.17, 15) is 4.79 Å². The second kappa shape index (κ2) is 8.48. The summed E-state index contributed by atoms with van der Waals surface area (Å²) in [6.45, 7) is 7.48. The molecule has 8 nitrogen and oxygen atoms in total. The van der Waals surface area contributed by atoms with Crippen molar-refractivity contribution in [3.8, 4) is 0 Å². The van der Waals surface area contributed by atoms with Crippen molar-refractivity contribution in [2.24, 2.45) is 5.92 Å². The Morgan fingerprint density at radius 1 is 1.26 bits per heavy atom. The van der Waals surface area contributed by atoms with Gasteiger partial charge in [0.05, 0.1) is 18.6 Å². The van der Waals surface area contributed by atoms with E-state index in [1.165, 1.54) is 0 Å². The van der Waals surface area contributed by atoms with E-state index in [1.807, 2.05) is 31.2 Å². The minimum absolute atomic E-state index is 0.246. The van der Waals surface area contributed by atoms with Crippen molar-refractivity contribution in [3.63, 3.8) is 0 Å². The smallest absolute Gasteiger partial charge is 0.319 e. The Balaban J connectivity index is 1.50. The van der Waals surface area contributed by atoms with Crippen LogP contribution in [0.5, 0.6) is 0 Å². The molecule has 3 N–H and O–H groups in total. The molecule has 1 aromatic carbocycles. The number of carbonyl (C=O) groups is 1. The average molecular weight is 367 g/mol. The molecule has 0 unspecified atom stereocenters. The summed E-state index contributed by atoms with van der Waals surface area (Å²) < 4.78 is 2.06. The molecule has 2 heterocycles. The number of imidazole rings is 1. The van der Waals surface area contributed by atoms with Crippen LogP contribution in [-0.2, 0) is 19.5 Å². The third-order valence-corrected chi connectivity index (χ3v) is 4.01. The van der Waals surface area contributed by atoms with Gasteiger partial charge in [0, 0.05) is 24.8 Å². The standard InChI is InChI=1S/C19H25N7O/c1-13(2)11-26-12-20-9-17(26)10-21-19(27)23-16-6-4-15(5-7-16)8-18-22-14(3)24-25-18/h4-7,9,12-13H,8,10-11H2,1-3H3,(H2,21,23,27)(H,22,24,25). The number of carbonyl (C=O) groups excluding carboxylic acids is 1. The Morgan fingerprint density at radius 3 is 2.70 bits per heavy atom. The topological polar surface area (TPSA) is 101 Å². The Morgan fingerprint density at radius 2 is 2.04 bits per heavy atom. The van der Waals surface area contributed by atoms with Crippen LogP contribution in [0.15, 0.2) is 36.8 Å². The van der Waals surface area contributed by atoms with Crippen molar-refractivity contribution in [1.82, 2.24) is 30.0 Å². The highest BCUT2D eigenvalue weighted by atomic mass is 16.2. The maximum atomic E-state index is 12.1. The number of aromatic nitrogens is 5. The maximum Gasteiger partial charge on any atom is 0.319 e. The van der Waals surface area contributed by atoms with E-state index in [0.29, 0.717) is 18.9 Å². The van der Waals surface area contributed by atoms with E-state index in [4.69, 9.17) is 0 Å². The summed E-state index contributed by atoms with van der Waals surface area (Å²) in [6.07, 6.45) is 4.22. The van der Waals surface area contributed by atoms with E-state index < -0.39 is 0 Å². The van der Waals surface area contributed by atoms with E-state index >= 15 is 0 Å². The SMILES string of the molecule is Cc1nc(Cc2ccc(NC(=O)NCc3cncn3CC(C)C)cc2)n[nH]1. The lowest BCUT2D eigenvalue weighted by atomic mass is 10.1. The Hall–Kier alpha value is -3.16. The first kappa shape index (κ1) is 18.6. The lowest BCUT2D eigenvalue weighted by Gasteiger charge is -2.12. The van der Waals surface area contributed by atoms with Crippen LogP contribution in [0.2, 0.25) is 0 Å². The molecule has 0 aliphatic heterocycles. The zero-order valence-corrected chi connectivity index (χ0v) is 15.9. The molecule has 3 aromatic rings. The van der Waals surface area contributed by atoms with Crippen LogP contribution < -0.4 is 10.6 Å². The molecular formula is C19H25N7O.